The second-order valence-corrected chi connectivity index (χ2v) is 5.68. The van der Waals surface area contributed by atoms with Crippen LogP contribution in [0, 0.1) is 11.3 Å². The van der Waals surface area contributed by atoms with Gasteiger partial charge in [0.1, 0.15) is 0 Å². The first-order chi connectivity index (χ1) is 6.87. The summed E-state index contributed by atoms with van der Waals surface area (Å²) in [5.41, 5.74) is 6.21. The third kappa shape index (κ3) is 2.92. The van der Waals surface area contributed by atoms with Crippen LogP contribution in [-0.2, 0) is 4.74 Å². The van der Waals surface area contributed by atoms with Crippen molar-refractivity contribution in [2.45, 2.75) is 39.8 Å². The van der Waals surface area contributed by atoms with Crippen molar-refractivity contribution in [1.29, 1.82) is 0 Å². The molecule has 1 aliphatic heterocycles. The first-order valence-electron chi connectivity index (χ1n) is 5.90. The molecule has 1 fully saturated rings. The maximum absolute atomic E-state index is 6.09. The van der Waals surface area contributed by atoms with E-state index in [1.54, 1.807) is 0 Å². The van der Waals surface area contributed by atoms with E-state index in [1.165, 1.54) is 0 Å². The molecule has 1 heterocycles. The zero-order valence-electron chi connectivity index (χ0n) is 10.8. The zero-order chi connectivity index (χ0) is 11.6. The lowest BCUT2D eigenvalue weighted by Gasteiger charge is -2.36. The van der Waals surface area contributed by atoms with E-state index >= 15 is 0 Å². The molecule has 3 atom stereocenters. The van der Waals surface area contributed by atoms with Gasteiger partial charge in [0, 0.05) is 24.0 Å². The fraction of sp³-hybridized carbons (Fsp3) is 1.00. The zero-order valence-corrected chi connectivity index (χ0v) is 10.8. The van der Waals surface area contributed by atoms with Gasteiger partial charge in [-0.1, -0.05) is 20.8 Å². The van der Waals surface area contributed by atoms with Crippen LogP contribution in [0.1, 0.15) is 27.7 Å². The standard InChI is InChI=1S/C12H26N2O/c1-9(2)10(3)14(5)7-12(4)8-15-6-11(12)13/h9-11H,6-8,13H2,1-5H3. The van der Waals surface area contributed by atoms with Crippen molar-refractivity contribution in [1.82, 2.24) is 4.90 Å². The van der Waals surface area contributed by atoms with Gasteiger partial charge >= 0.3 is 0 Å². The van der Waals surface area contributed by atoms with Gasteiger partial charge in [0.15, 0.2) is 0 Å². The number of ether oxygens (including phenoxy) is 1. The molecule has 1 saturated heterocycles. The summed E-state index contributed by atoms with van der Waals surface area (Å²) in [6.45, 7) is 11.5. The largest absolute Gasteiger partial charge is 0.379 e. The molecule has 3 heteroatoms. The molecule has 0 bridgehead atoms. The van der Waals surface area contributed by atoms with E-state index in [1.807, 2.05) is 0 Å². The summed E-state index contributed by atoms with van der Waals surface area (Å²) in [5.74, 6) is 0.678. The Kier molecular flexibility index (Phi) is 4.15. The number of rotatable bonds is 4. The lowest BCUT2D eigenvalue weighted by atomic mass is 9.84. The van der Waals surface area contributed by atoms with E-state index in [0.29, 0.717) is 18.6 Å². The smallest absolute Gasteiger partial charge is 0.0624 e. The van der Waals surface area contributed by atoms with Crippen LogP contribution in [0.5, 0.6) is 0 Å². The summed E-state index contributed by atoms with van der Waals surface area (Å²) in [7, 11) is 2.18. The summed E-state index contributed by atoms with van der Waals surface area (Å²) in [4.78, 5) is 2.40. The Morgan fingerprint density at radius 3 is 2.47 bits per heavy atom. The lowest BCUT2D eigenvalue weighted by Crippen LogP contribution is -2.48. The van der Waals surface area contributed by atoms with Crippen LogP contribution in [0.3, 0.4) is 0 Å². The van der Waals surface area contributed by atoms with Crippen LogP contribution in [0.15, 0.2) is 0 Å². The third-order valence-electron chi connectivity index (χ3n) is 3.90. The minimum absolute atomic E-state index is 0.123. The fourth-order valence-electron chi connectivity index (χ4n) is 2.11. The molecule has 3 unspecified atom stereocenters. The molecule has 15 heavy (non-hydrogen) atoms. The Morgan fingerprint density at radius 1 is 1.47 bits per heavy atom. The normalized spacial score (nSPS) is 34.0. The lowest BCUT2D eigenvalue weighted by molar-refractivity contribution is 0.102. The molecule has 1 rings (SSSR count). The monoisotopic (exact) mass is 214 g/mol. The second-order valence-electron chi connectivity index (χ2n) is 5.68. The third-order valence-corrected chi connectivity index (χ3v) is 3.90. The number of hydrogen-bond donors (Lipinski definition) is 1. The van der Waals surface area contributed by atoms with E-state index in [9.17, 15) is 0 Å². The molecule has 1 aliphatic rings. The molecule has 90 valence electrons. The molecule has 0 aliphatic carbocycles. The van der Waals surface area contributed by atoms with Gasteiger partial charge in [0.2, 0.25) is 0 Å². The van der Waals surface area contributed by atoms with Crippen molar-refractivity contribution in [3.63, 3.8) is 0 Å². The van der Waals surface area contributed by atoms with E-state index in [-0.39, 0.29) is 11.5 Å². The highest BCUT2D eigenvalue weighted by molar-refractivity contribution is 4.92. The highest BCUT2D eigenvalue weighted by Crippen LogP contribution is 2.28. The summed E-state index contributed by atoms with van der Waals surface area (Å²) in [6, 6.07) is 0.772. The Bertz CT molecular complexity index is 208. The second kappa shape index (κ2) is 4.81. The molecule has 0 saturated carbocycles. The van der Waals surface area contributed by atoms with Crippen LogP contribution in [0.25, 0.3) is 0 Å². The molecular weight excluding hydrogens is 188 g/mol. The van der Waals surface area contributed by atoms with Gasteiger partial charge in [-0.25, -0.2) is 0 Å². The molecule has 0 amide bonds. The maximum Gasteiger partial charge on any atom is 0.0624 e. The topological polar surface area (TPSA) is 38.5 Å². The Hall–Kier alpha value is -0.120. The highest BCUT2D eigenvalue weighted by Gasteiger charge is 2.39. The molecule has 3 nitrogen and oxygen atoms in total. The van der Waals surface area contributed by atoms with E-state index in [0.717, 1.165) is 13.2 Å². The Morgan fingerprint density at radius 2 is 2.07 bits per heavy atom. The van der Waals surface area contributed by atoms with Gasteiger partial charge in [-0.2, -0.15) is 0 Å². The number of nitrogens with two attached hydrogens (primary N) is 1. The van der Waals surface area contributed by atoms with Crippen LogP contribution in [0.2, 0.25) is 0 Å². The summed E-state index contributed by atoms with van der Waals surface area (Å²) in [5, 5.41) is 0. The maximum atomic E-state index is 6.09. The van der Waals surface area contributed by atoms with Gasteiger partial charge in [-0.3, -0.25) is 0 Å². The van der Waals surface area contributed by atoms with Crippen LogP contribution in [0.4, 0.5) is 0 Å². The first-order valence-corrected chi connectivity index (χ1v) is 5.90. The minimum Gasteiger partial charge on any atom is -0.379 e. The molecule has 0 aromatic heterocycles. The van der Waals surface area contributed by atoms with Crippen molar-refractivity contribution < 1.29 is 4.74 Å². The number of nitrogens with zero attached hydrogens (tertiary/aromatic N) is 1. The van der Waals surface area contributed by atoms with Gasteiger partial charge < -0.3 is 15.4 Å². The molecule has 0 aromatic rings. The van der Waals surface area contributed by atoms with Crippen LogP contribution in [-0.4, -0.2) is 43.8 Å². The van der Waals surface area contributed by atoms with Crippen LogP contribution >= 0.6 is 0 Å². The van der Waals surface area contributed by atoms with Gasteiger partial charge in [0.05, 0.1) is 13.2 Å². The summed E-state index contributed by atoms with van der Waals surface area (Å²) < 4.78 is 5.46. The van der Waals surface area contributed by atoms with Gasteiger partial charge in [0.25, 0.3) is 0 Å². The summed E-state index contributed by atoms with van der Waals surface area (Å²) >= 11 is 0. The Labute approximate surface area is 94.0 Å². The van der Waals surface area contributed by atoms with Gasteiger partial charge in [-0.15, -0.1) is 0 Å². The SMILES string of the molecule is CC(C)C(C)N(C)CC1(C)COCC1N. The van der Waals surface area contributed by atoms with Gasteiger partial charge in [-0.05, 0) is 19.9 Å². The van der Waals surface area contributed by atoms with Crippen molar-refractivity contribution in [2.24, 2.45) is 17.1 Å². The Balaban J connectivity index is 2.53. The minimum atomic E-state index is 0.123. The first kappa shape index (κ1) is 12.9. The average molecular weight is 214 g/mol. The molecule has 0 radical (unpaired) electrons. The van der Waals surface area contributed by atoms with Crippen LogP contribution < -0.4 is 5.73 Å². The molecule has 0 spiro atoms. The molecule has 2 N–H and O–H groups in total. The number of hydrogen-bond acceptors (Lipinski definition) is 3. The average Bonchev–Trinajstić information content (AvgIpc) is 2.45. The van der Waals surface area contributed by atoms with Crippen molar-refractivity contribution in [3.05, 3.63) is 0 Å². The van der Waals surface area contributed by atoms with Crippen molar-refractivity contribution in [2.75, 3.05) is 26.8 Å². The predicted molar refractivity (Wildman–Crippen MR) is 63.8 cm³/mol. The van der Waals surface area contributed by atoms with Crippen molar-refractivity contribution >= 4 is 0 Å². The molecular formula is C12H26N2O. The van der Waals surface area contributed by atoms with Crippen molar-refractivity contribution in [3.8, 4) is 0 Å². The van der Waals surface area contributed by atoms with E-state index in [4.69, 9.17) is 10.5 Å². The van der Waals surface area contributed by atoms with E-state index < -0.39 is 0 Å². The van der Waals surface area contributed by atoms with E-state index in [2.05, 4.69) is 39.6 Å². The molecule has 0 aromatic carbocycles. The predicted octanol–water partition coefficient (Wildman–Crippen LogP) is 1.33. The quantitative estimate of drug-likeness (QED) is 0.767. The summed E-state index contributed by atoms with van der Waals surface area (Å²) in [6.07, 6.45) is 0. The fourth-order valence-corrected chi connectivity index (χ4v) is 2.11. The highest BCUT2D eigenvalue weighted by atomic mass is 16.5.